The fourth-order valence-electron chi connectivity index (χ4n) is 3.40. The standard InChI is InChI=1S/C21H24BN2/c1-7-8-17-9-12(2)23-18(10-17)11-19-22-20-15(5)13(3)14(4)16(6)21(20)24-19/h7-8,10-11H,9H2,1-6H3/b8-7+,18-11-. The van der Waals surface area contributed by atoms with Gasteiger partial charge in [-0.2, -0.15) is 0 Å². The van der Waals surface area contributed by atoms with Crippen molar-refractivity contribution in [3.8, 4) is 0 Å². The van der Waals surface area contributed by atoms with E-state index in [4.69, 9.17) is 4.99 Å². The van der Waals surface area contributed by atoms with Gasteiger partial charge in [-0.05, 0) is 76.0 Å². The van der Waals surface area contributed by atoms with Crippen molar-refractivity contribution in [3.05, 3.63) is 57.8 Å². The van der Waals surface area contributed by atoms with Crippen LogP contribution in [-0.2, 0) is 0 Å². The lowest BCUT2D eigenvalue weighted by atomic mass is 9.64. The lowest BCUT2D eigenvalue weighted by Crippen LogP contribution is -2.22. The molecular formula is C21H24BN2. The number of allylic oxidation sites excluding steroid dienone is 5. The van der Waals surface area contributed by atoms with E-state index in [1.54, 1.807) is 0 Å². The summed E-state index contributed by atoms with van der Waals surface area (Å²) in [5, 5.41) is 0. The second-order valence-corrected chi connectivity index (χ2v) is 6.76. The van der Waals surface area contributed by atoms with Gasteiger partial charge in [0, 0.05) is 17.7 Å². The predicted octanol–water partition coefficient (Wildman–Crippen LogP) is 4.54. The quantitative estimate of drug-likeness (QED) is 0.716. The molecular weight excluding hydrogens is 291 g/mol. The number of benzene rings is 1. The average molecular weight is 315 g/mol. The van der Waals surface area contributed by atoms with E-state index in [2.05, 4.69) is 71.2 Å². The number of aliphatic imine (C=N–C) groups is 2. The van der Waals surface area contributed by atoms with Crippen LogP contribution in [0.3, 0.4) is 0 Å². The van der Waals surface area contributed by atoms with E-state index in [1.165, 1.54) is 33.3 Å². The van der Waals surface area contributed by atoms with Gasteiger partial charge in [0.25, 0.3) is 0 Å². The molecule has 2 heterocycles. The van der Waals surface area contributed by atoms with Crippen LogP contribution in [0.2, 0.25) is 0 Å². The van der Waals surface area contributed by atoms with Crippen molar-refractivity contribution in [1.29, 1.82) is 0 Å². The summed E-state index contributed by atoms with van der Waals surface area (Å²) in [6.45, 7) is 12.9. The van der Waals surface area contributed by atoms with Gasteiger partial charge in [0.1, 0.15) is 0 Å². The van der Waals surface area contributed by atoms with E-state index in [1.807, 2.05) is 6.92 Å². The second-order valence-electron chi connectivity index (χ2n) is 6.76. The van der Waals surface area contributed by atoms with E-state index < -0.39 is 0 Å². The highest BCUT2D eigenvalue weighted by molar-refractivity contribution is 6.90. The maximum absolute atomic E-state index is 4.87. The Morgan fingerprint density at radius 3 is 2.38 bits per heavy atom. The Labute approximate surface area is 146 Å². The maximum atomic E-state index is 4.87. The van der Waals surface area contributed by atoms with E-state index in [9.17, 15) is 0 Å². The Kier molecular flexibility index (Phi) is 4.44. The van der Waals surface area contributed by atoms with Gasteiger partial charge in [-0.25, -0.2) is 0 Å². The highest BCUT2D eigenvalue weighted by atomic mass is 14.8. The number of nitrogens with zero attached hydrogens (tertiary/aromatic N) is 2. The third kappa shape index (κ3) is 2.95. The topological polar surface area (TPSA) is 24.7 Å². The van der Waals surface area contributed by atoms with Crippen molar-refractivity contribution in [2.45, 2.75) is 48.0 Å². The molecule has 0 unspecified atom stereocenters. The minimum atomic E-state index is 0.925. The molecule has 1 aromatic rings. The molecule has 3 heteroatoms. The third-order valence-corrected chi connectivity index (χ3v) is 5.02. The minimum absolute atomic E-state index is 0.925. The Bertz CT molecular complexity index is 865. The van der Waals surface area contributed by atoms with Crippen LogP contribution in [0.25, 0.3) is 0 Å². The summed E-state index contributed by atoms with van der Waals surface area (Å²) in [5.41, 5.74) is 12.1. The number of hydrogen-bond donors (Lipinski definition) is 0. The van der Waals surface area contributed by atoms with Crippen LogP contribution in [-0.4, -0.2) is 18.6 Å². The summed E-state index contributed by atoms with van der Waals surface area (Å²) >= 11 is 0. The summed E-state index contributed by atoms with van der Waals surface area (Å²) in [7, 11) is 2.19. The first-order valence-corrected chi connectivity index (χ1v) is 8.53. The molecule has 121 valence electrons. The summed E-state index contributed by atoms with van der Waals surface area (Å²) in [5.74, 6) is 0. The molecule has 0 saturated carbocycles. The number of hydrogen-bond acceptors (Lipinski definition) is 2. The SMILES string of the molecule is C/C=C/C1=CC(=C/C2=Nc3c(C)c(C)c(C)c(C)c3[B]2)/N=C(C)C1. The lowest BCUT2D eigenvalue weighted by Gasteiger charge is -2.14. The molecule has 1 aromatic carbocycles. The van der Waals surface area contributed by atoms with Gasteiger partial charge < -0.3 is 0 Å². The molecule has 0 atom stereocenters. The van der Waals surface area contributed by atoms with Crippen LogP contribution in [0.1, 0.15) is 42.5 Å². The highest BCUT2D eigenvalue weighted by Gasteiger charge is 2.22. The highest BCUT2D eigenvalue weighted by Crippen LogP contribution is 2.29. The second kappa shape index (κ2) is 6.39. The Balaban J connectivity index is 2.00. The zero-order valence-corrected chi connectivity index (χ0v) is 15.5. The smallest absolute Gasteiger partial charge is 0.220 e. The van der Waals surface area contributed by atoms with Gasteiger partial charge in [-0.3, -0.25) is 9.98 Å². The maximum Gasteiger partial charge on any atom is 0.220 e. The van der Waals surface area contributed by atoms with Crippen LogP contribution in [0.5, 0.6) is 0 Å². The Morgan fingerprint density at radius 2 is 1.67 bits per heavy atom. The molecule has 0 bridgehead atoms. The molecule has 0 saturated heterocycles. The normalized spacial score (nSPS) is 18.4. The van der Waals surface area contributed by atoms with Crippen molar-refractivity contribution in [2.24, 2.45) is 9.98 Å². The van der Waals surface area contributed by atoms with Gasteiger partial charge in [-0.15, -0.1) is 0 Å². The number of dihydropyridines is 1. The van der Waals surface area contributed by atoms with Crippen LogP contribution >= 0.6 is 0 Å². The van der Waals surface area contributed by atoms with Crippen molar-refractivity contribution in [2.75, 3.05) is 0 Å². The summed E-state index contributed by atoms with van der Waals surface area (Å²) in [6, 6.07) is 0. The van der Waals surface area contributed by atoms with E-state index >= 15 is 0 Å². The molecule has 0 N–H and O–H groups in total. The number of fused-ring (bicyclic) bond motifs is 1. The molecule has 2 nitrogen and oxygen atoms in total. The van der Waals surface area contributed by atoms with Gasteiger partial charge >= 0.3 is 0 Å². The third-order valence-electron chi connectivity index (χ3n) is 5.02. The molecule has 2 aliphatic heterocycles. The summed E-state index contributed by atoms with van der Waals surface area (Å²) in [6.07, 6.45) is 9.41. The largest absolute Gasteiger partial charge is 0.264 e. The van der Waals surface area contributed by atoms with Crippen molar-refractivity contribution >= 4 is 29.8 Å². The zero-order chi connectivity index (χ0) is 17.4. The van der Waals surface area contributed by atoms with Crippen LogP contribution in [0.15, 0.2) is 45.6 Å². The van der Waals surface area contributed by atoms with Gasteiger partial charge in [0.05, 0.1) is 11.4 Å². The fourth-order valence-corrected chi connectivity index (χ4v) is 3.40. The fraction of sp³-hybridized carbons (Fsp3) is 0.333. The molecule has 2 aliphatic rings. The first-order chi connectivity index (χ1) is 11.4. The molecule has 0 amide bonds. The molecule has 0 aromatic heterocycles. The average Bonchev–Trinajstić information content (AvgIpc) is 2.94. The molecule has 0 aliphatic carbocycles. The lowest BCUT2D eigenvalue weighted by molar-refractivity contribution is 1.21. The van der Waals surface area contributed by atoms with Crippen LogP contribution in [0, 0.1) is 27.7 Å². The monoisotopic (exact) mass is 315 g/mol. The summed E-state index contributed by atoms with van der Waals surface area (Å²) < 4.78 is 0. The van der Waals surface area contributed by atoms with Gasteiger partial charge in [-0.1, -0.05) is 23.2 Å². The molecule has 3 rings (SSSR count). The van der Waals surface area contributed by atoms with Crippen molar-refractivity contribution < 1.29 is 0 Å². The Morgan fingerprint density at radius 1 is 0.958 bits per heavy atom. The van der Waals surface area contributed by atoms with Gasteiger partial charge in [0.2, 0.25) is 7.28 Å². The first-order valence-electron chi connectivity index (χ1n) is 8.53. The van der Waals surface area contributed by atoms with Crippen molar-refractivity contribution in [3.63, 3.8) is 0 Å². The van der Waals surface area contributed by atoms with E-state index in [0.29, 0.717) is 0 Å². The first kappa shape index (κ1) is 16.7. The van der Waals surface area contributed by atoms with E-state index in [0.717, 1.165) is 29.1 Å². The molecule has 0 fully saturated rings. The van der Waals surface area contributed by atoms with Crippen LogP contribution in [0.4, 0.5) is 5.69 Å². The molecule has 24 heavy (non-hydrogen) atoms. The zero-order valence-electron chi connectivity index (χ0n) is 15.5. The minimum Gasteiger partial charge on any atom is -0.264 e. The summed E-state index contributed by atoms with van der Waals surface area (Å²) in [4.78, 5) is 9.56. The van der Waals surface area contributed by atoms with Crippen LogP contribution < -0.4 is 5.46 Å². The predicted molar refractivity (Wildman–Crippen MR) is 107 cm³/mol. The van der Waals surface area contributed by atoms with Crippen molar-refractivity contribution in [1.82, 2.24) is 0 Å². The van der Waals surface area contributed by atoms with Gasteiger partial charge in [0.15, 0.2) is 0 Å². The number of rotatable bonds is 2. The molecule has 1 radical (unpaired) electrons. The molecule has 0 spiro atoms. The van der Waals surface area contributed by atoms with E-state index in [-0.39, 0.29) is 0 Å². The Hall–Kier alpha value is -2.16.